The molecule has 0 bridgehead atoms. The second kappa shape index (κ2) is 2.45. The fraction of sp³-hybridized carbons (Fsp3) is 0.500. The standard InChI is InChI=1S/C4H8N4O/c5-7-4(9)3-1-2-6-8-3/h2-3,8H,1,5H2,(H,7,9). The molecule has 0 aliphatic carbocycles. The van der Waals surface area contributed by atoms with E-state index in [2.05, 4.69) is 10.5 Å². The molecule has 0 aromatic rings. The van der Waals surface area contributed by atoms with Crippen LogP contribution in [0, 0.1) is 0 Å². The summed E-state index contributed by atoms with van der Waals surface area (Å²) in [6.07, 6.45) is 2.25. The van der Waals surface area contributed by atoms with E-state index >= 15 is 0 Å². The van der Waals surface area contributed by atoms with Crippen molar-refractivity contribution in [1.29, 1.82) is 0 Å². The molecule has 0 saturated heterocycles. The zero-order chi connectivity index (χ0) is 6.69. The summed E-state index contributed by atoms with van der Waals surface area (Å²) in [4.78, 5) is 10.6. The summed E-state index contributed by atoms with van der Waals surface area (Å²) in [6.45, 7) is 0. The van der Waals surface area contributed by atoms with Gasteiger partial charge in [-0.1, -0.05) is 0 Å². The SMILES string of the molecule is NNC(=O)C1CC=NN1. The number of nitrogens with one attached hydrogen (secondary N) is 2. The van der Waals surface area contributed by atoms with Crippen LogP contribution in [-0.2, 0) is 4.79 Å². The van der Waals surface area contributed by atoms with Crippen LogP contribution < -0.4 is 16.7 Å². The van der Waals surface area contributed by atoms with Crippen molar-refractivity contribution in [1.82, 2.24) is 10.9 Å². The molecule has 1 aliphatic heterocycles. The number of rotatable bonds is 1. The molecular weight excluding hydrogens is 120 g/mol. The highest BCUT2D eigenvalue weighted by atomic mass is 16.2. The fourth-order valence-corrected chi connectivity index (χ4v) is 0.620. The summed E-state index contributed by atoms with van der Waals surface area (Å²) in [5.41, 5.74) is 4.61. The summed E-state index contributed by atoms with van der Waals surface area (Å²) in [7, 11) is 0. The normalized spacial score (nSPS) is 23.4. The molecule has 1 rings (SSSR count). The molecule has 4 N–H and O–H groups in total. The third kappa shape index (κ3) is 1.17. The van der Waals surface area contributed by atoms with Crippen molar-refractivity contribution in [2.75, 3.05) is 0 Å². The lowest BCUT2D eigenvalue weighted by atomic mass is 10.2. The Morgan fingerprint density at radius 3 is 3.22 bits per heavy atom. The third-order valence-corrected chi connectivity index (χ3v) is 1.12. The van der Waals surface area contributed by atoms with Crippen molar-refractivity contribution in [2.24, 2.45) is 10.9 Å². The fourth-order valence-electron chi connectivity index (χ4n) is 0.620. The van der Waals surface area contributed by atoms with Crippen LogP contribution in [-0.4, -0.2) is 18.2 Å². The summed E-state index contributed by atoms with van der Waals surface area (Å²) in [5, 5.41) is 3.64. The number of hydrazine groups is 1. The molecule has 0 spiro atoms. The van der Waals surface area contributed by atoms with Gasteiger partial charge in [0.25, 0.3) is 5.91 Å². The summed E-state index contributed by atoms with van der Waals surface area (Å²) in [6, 6.07) is -0.269. The predicted octanol–water partition coefficient (Wildman–Crippen LogP) is -1.68. The van der Waals surface area contributed by atoms with E-state index in [0.717, 1.165) is 0 Å². The molecule has 0 fully saturated rings. The minimum absolute atomic E-state index is 0.229. The Bertz CT molecular complexity index is 136. The molecule has 0 radical (unpaired) electrons. The van der Waals surface area contributed by atoms with Crippen LogP contribution in [0.25, 0.3) is 0 Å². The van der Waals surface area contributed by atoms with Crippen molar-refractivity contribution in [3.8, 4) is 0 Å². The molecule has 5 heteroatoms. The number of nitrogens with zero attached hydrogens (tertiary/aromatic N) is 1. The van der Waals surface area contributed by atoms with E-state index in [1.54, 1.807) is 6.21 Å². The lowest BCUT2D eigenvalue weighted by Gasteiger charge is -2.05. The second-order valence-electron chi connectivity index (χ2n) is 1.74. The van der Waals surface area contributed by atoms with Gasteiger partial charge < -0.3 is 0 Å². The Labute approximate surface area is 52.3 Å². The Morgan fingerprint density at radius 1 is 2.00 bits per heavy atom. The maximum absolute atomic E-state index is 10.6. The first-order valence-corrected chi connectivity index (χ1v) is 2.62. The lowest BCUT2D eigenvalue weighted by molar-refractivity contribution is -0.122. The molecule has 1 atom stereocenters. The molecule has 9 heavy (non-hydrogen) atoms. The van der Waals surface area contributed by atoms with E-state index in [1.807, 2.05) is 5.43 Å². The van der Waals surface area contributed by atoms with Crippen molar-refractivity contribution < 1.29 is 4.79 Å². The minimum Gasteiger partial charge on any atom is -0.297 e. The van der Waals surface area contributed by atoms with E-state index in [-0.39, 0.29) is 11.9 Å². The Balaban J connectivity index is 2.36. The van der Waals surface area contributed by atoms with Gasteiger partial charge in [0, 0.05) is 12.6 Å². The van der Waals surface area contributed by atoms with Crippen LogP contribution >= 0.6 is 0 Å². The van der Waals surface area contributed by atoms with Gasteiger partial charge in [-0.25, -0.2) is 5.84 Å². The zero-order valence-corrected chi connectivity index (χ0v) is 4.79. The van der Waals surface area contributed by atoms with E-state index in [9.17, 15) is 4.79 Å². The monoisotopic (exact) mass is 128 g/mol. The quantitative estimate of drug-likeness (QED) is 0.224. The Kier molecular flexibility index (Phi) is 1.64. The maximum Gasteiger partial charge on any atom is 0.258 e. The molecule has 1 unspecified atom stereocenters. The van der Waals surface area contributed by atoms with Crippen LogP contribution in [0.5, 0.6) is 0 Å². The molecular formula is C4H8N4O. The van der Waals surface area contributed by atoms with Gasteiger partial charge in [-0.05, 0) is 0 Å². The molecule has 50 valence electrons. The minimum atomic E-state index is -0.269. The third-order valence-electron chi connectivity index (χ3n) is 1.12. The lowest BCUT2D eigenvalue weighted by Crippen LogP contribution is -2.43. The van der Waals surface area contributed by atoms with Gasteiger partial charge in [0.05, 0.1) is 0 Å². The number of hydrazone groups is 1. The average Bonchev–Trinajstić information content (AvgIpc) is 2.37. The molecule has 1 heterocycles. The molecule has 5 nitrogen and oxygen atoms in total. The zero-order valence-electron chi connectivity index (χ0n) is 4.79. The highest BCUT2D eigenvalue weighted by Gasteiger charge is 2.17. The van der Waals surface area contributed by atoms with Gasteiger partial charge in [-0.2, -0.15) is 5.10 Å². The Morgan fingerprint density at radius 2 is 2.78 bits per heavy atom. The highest BCUT2D eigenvalue weighted by Crippen LogP contribution is 1.94. The molecule has 0 aromatic carbocycles. The molecule has 1 aliphatic rings. The Hall–Kier alpha value is -1.10. The van der Waals surface area contributed by atoms with Crippen molar-refractivity contribution >= 4 is 12.1 Å². The number of hydrogen-bond donors (Lipinski definition) is 3. The van der Waals surface area contributed by atoms with Crippen LogP contribution in [0.1, 0.15) is 6.42 Å². The van der Waals surface area contributed by atoms with Crippen molar-refractivity contribution in [2.45, 2.75) is 12.5 Å². The van der Waals surface area contributed by atoms with Gasteiger partial charge in [0.1, 0.15) is 6.04 Å². The van der Waals surface area contributed by atoms with Gasteiger partial charge in [-0.15, -0.1) is 0 Å². The van der Waals surface area contributed by atoms with Crippen LogP contribution in [0.3, 0.4) is 0 Å². The largest absolute Gasteiger partial charge is 0.297 e. The van der Waals surface area contributed by atoms with E-state index in [4.69, 9.17) is 5.84 Å². The smallest absolute Gasteiger partial charge is 0.258 e. The van der Waals surface area contributed by atoms with E-state index in [0.29, 0.717) is 6.42 Å². The topological polar surface area (TPSA) is 79.5 Å². The number of nitrogens with two attached hydrogens (primary N) is 1. The first-order chi connectivity index (χ1) is 4.34. The van der Waals surface area contributed by atoms with Gasteiger partial charge >= 0.3 is 0 Å². The van der Waals surface area contributed by atoms with Crippen LogP contribution in [0.4, 0.5) is 0 Å². The van der Waals surface area contributed by atoms with Crippen LogP contribution in [0.2, 0.25) is 0 Å². The summed E-state index contributed by atoms with van der Waals surface area (Å²) in [5.74, 6) is 4.63. The molecule has 0 aromatic heterocycles. The first-order valence-electron chi connectivity index (χ1n) is 2.62. The van der Waals surface area contributed by atoms with E-state index in [1.165, 1.54) is 0 Å². The molecule has 1 amide bonds. The summed E-state index contributed by atoms with van der Waals surface area (Å²) >= 11 is 0. The van der Waals surface area contributed by atoms with Crippen LogP contribution in [0.15, 0.2) is 5.10 Å². The van der Waals surface area contributed by atoms with Gasteiger partial charge in [0.15, 0.2) is 0 Å². The summed E-state index contributed by atoms with van der Waals surface area (Å²) < 4.78 is 0. The van der Waals surface area contributed by atoms with E-state index < -0.39 is 0 Å². The molecule has 0 saturated carbocycles. The first kappa shape index (κ1) is 6.03. The second-order valence-corrected chi connectivity index (χ2v) is 1.74. The van der Waals surface area contributed by atoms with Gasteiger partial charge in [-0.3, -0.25) is 15.6 Å². The maximum atomic E-state index is 10.6. The van der Waals surface area contributed by atoms with Gasteiger partial charge in [0.2, 0.25) is 0 Å². The number of carbonyl (C=O) groups is 1. The van der Waals surface area contributed by atoms with Crippen molar-refractivity contribution in [3.05, 3.63) is 0 Å². The average molecular weight is 128 g/mol. The number of amides is 1. The van der Waals surface area contributed by atoms with Crippen molar-refractivity contribution in [3.63, 3.8) is 0 Å². The number of carbonyl (C=O) groups excluding carboxylic acids is 1. The predicted molar refractivity (Wildman–Crippen MR) is 32.4 cm³/mol. The number of hydrogen-bond acceptors (Lipinski definition) is 4. The highest BCUT2D eigenvalue weighted by molar-refractivity contribution is 5.85.